The van der Waals surface area contributed by atoms with Crippen molar-refractivity contribution in [1.29, 1.82) is 0 Å². The van der Waals surface area contributed by atoms with E-state index in [1.165, 1.54) is 19.1 Å². The second-order valence-electron chi connectivity index (χ2n) is 4.45. The summed E-state index contributed by atoms with van der Waals surface area (Å²) in [5.74, 6) is -1.48. The van der Waals surface area contributed by atoms with Crippen LogP contribution in [0.1, 0.15) is 30.4 Å². The highest BCUT2D eigenvalue weighted by molar-refractivity contribution is 5.70. The second-order valence-corrected chi connectivity index (χ2v) is 4.45. The molecular formula is C12H13FO3. The first-order valence-electron chi connectivity index (χ1n) is 5.16. The molecule has 1 fully saturated rings. The zero-order valence-corrected chi connectivity index (χ0v) is 8.96. The van der Waals surface area contributed by atoms with Crippen molar-refractivity contribution < 1.29 is 19.4 Å². The van der Waals surface area contributed by atoms with Crippen LogP contribution in [0.2, 0.25) is 0 Å². The summed E-state index contributed by atoms with van der Waals surface area (Å²) in [4.78, 5) is 10.7. The predicted molar refractivity (Wildman–Crippen MR) is 56.0 cm³/mol. The highest BCUT2D eigenvalue weighted by Crippen LogP contribution is 2.52. The molecule has 0 aromatic heterocycles. The third-order valence-electron chi connectivity index (χ3n) is 3.27. The lowest BCUT2D eigenvalue weighted by atomic mass is 9.91. The van der Waals surface area contributed by atoms with Gasteiger partial charge >= 0.3 is 5.97 Å². The molecule has 4 heteroatoms. The van der Waals surface area contributed by atoms with Gasteiger partial charge in [0.15, 0.2) is 0 Å². The van der Waals surface area contributed by atoms with Crippen LogP contribution in [0.5, 0.6) is 5.75 Å². The number of carboxylic acid groups (broad SMARTS) is 1. The number of carbonyl (C=O) groups is 1. The van der Waals surface area contributed by atoms with Crippen molar-refractivity contribution in [3.8, 4) is 5.75 Å². The van der Waals surface area contributed by atoms with E-state index in [9.17, 15) is 14.3 Å². The Bertz CT molecular complexity index is 427. The minimum atomic E-state index is -0.891. The van der Waals surface area contributed by atoms with E-state index in [1.54, 1.807) is 0 Å². The standard InChI is InChI=1S/C12H13FO3/c1-7-9(13)4-8(5-10(7)14)12(2-3-12)6-11(15)16/h4-5,14H,2-3,6H2,1H3,(H,15,16). The third kappa shape index (κ3) is 1.75. The summed E-state index contributed by atoms with van der Waals surface area (Å²) in [6, 6.07) is 2.82. The van der Waals surface area contributed by atoms with Crippen molar-refractivity contribution in [1.82, 2.24) is 0 Å². The van der Waals surface area contributed by atoms with Crippen molar-refractivity contribution in [2.75, 3.05) is 0 Å². The van der Waals surface area contributed by atoms with E-state index in [0.717, 1.165) is 12.8 Å². The lowest BCUT2D eigenvalue weighted by Crippen LogP contribution is -2.13. The molecule has 1 aliphatic carbocycles. The van der Waals surface area contributed by atoms with E-state index >= 15 is 0 Å². The van der Waals surface area contributed by atoms with E-state index < -0.39 is 17.2 Å². The smallest absolute Gasteiger partial charge is 0.304 e. The van der Waals surface area contributed by atoms with Gasteiger partial charge in [-0.3, -0.25) is 4.79 Å². The van der Waals surface area contributed by atoms with Crippen molar-refractivity contribution >= 4 is 5.97 Å². The normalized spacial score (nSPS) is 17.1. The van der Waals surface area contributed by atoms with E-state index in [4.69, 9.17) is 5.11 Å². The van der Waals surface area contributed by atoms with Gasteiger partial charge < -0.3 is 10.2 Å². The summed E-state index contributed by atoms with van der Waals surface area (Å²) in [6.07, 6.45) is 1.47. The maximum Gasteiger partial charge on any atom is 0.304 e. The number of phenolic OH excluding ortho intramolecular Hbond substituents is 1. The fourth-order valence-electron chi connectivity index (χ4n) is 1.98. The average molecular weight is 224 g/mol. The highest BCUT2D eigenvalue weighted by Gasteiger charge is 2.46. The number of aromatic hydroxyl groups is 1. The molecule has 86 valence electrons. The Kier molecular flexibility index (Phi) is 2.37. The Morgan fingerprint density at radius 1 is 1.50 bits per heavy atom. The molecule has 0 heterocycles. The number of halogens is 1. The SMILES string of the molecule is Cc1c(O)cc(C2(CC(=O)O)CC2)cc1F. The van der Waals surface area contributed by atoms with Crippen LogP contribution in [0.25, 0.3) is 0 Å². The van der Waals surface area contributed by atoms with Crippen molar-refractivity contribution in [2.45, 2.75) is 31.6 Å². The first-order valence-corrected chi connectivity index (χ1v) is 5.16. The molecule has 0 spiro atoms. The van der Waals surface area contributed by atoms with Crippen LogP contribution in [0.4, 0.5) is 4.39 Å². The Balaban J connectivity index is 2.38. The lowest BCUT2D eigenvalue weighted by molar-refractivity contribution is -0.137. The quantitative estimate of drug-likeness (QED) is 0.828. The van der Waals surface area contributed by atoms with Crippen molar-refractivity contribution in [3.63, 3.8) is 0 Å². The molecule has 16 heavy (non-hydrogen) atoms. The first-order chi connectivity index (χ1) is 7.44. The molecule has 0 saturated heterocycles. The maximum absolute atomic E-state index is 13.4. The summed E-state index contributed by atoms with van der Waals surface area (Å²) in [5, 5.41) is 18.3. The predicted octanol–water partition coefficient (Wildman–Crippen LogP) is 2.35. The highest BCUT2D eigenvalue weighted by atomic mass is 19.1. The van der Waals surface area contributed by atoms with Gasteiger partial charge in [0.1, 0.15) is 11.6 Å². The number of benzene rings is 1. The Morgan fingerprint density at radius 3 is 2.56 bits per heavy atom. The monoisotopic (exact) mass is 224 g/mol. The molecule has 0 radical (unpaired) electrons. The number of hydrogen-bond acceptors (Lipinski definition) is 2. The summed E-state index contributed by atoms with van der Waals surface area (Å²) < 4.78 is 13.4. The van der Waals surface area contributed by atoms with Crippen molar-refractivity contribution in [3.05, 3.63) is 29.1 Å². The maximum atomic E-state index is 13.4. The number of hydrogen-bond donors (Lipinski definition) is 2. The van der Waals surface area contributed by atoms with Gasteiger partial charge in [-0.2, -0.15) is 0 Å². The number of phenols is 1. The fraction of sp³-hybridized carbons (Fsp3) is 0.417. The summed E-state index contributed by atoms with van der Waals surface area (Å²) in [7, 11) is 0. The second kappa shape index (κ2) is 3.47. The van der Waals surface area contributed by atoms with E-state index in [1.807, 2.05) is 0 Å². The molecule has 1 aliphatic rings. The van der Waals surface area contributed by atoms with Gasteiger partial charge in [0.05, 0.1) is 6.42 Å². The first kappa shape index (κ1) is 10.9. The van der Waals surface area contributed by atoms with Crippen LogP contribution < -0.4 is 0 Å². The zero-order chi connectivity index (χ0) is 11.9. The topological polar surface area (TPSA) is 57.5 Å². The molecule has 2 rings (SSSR count). The van der Waals surface area contributed by atoms with Gasteiger partial charge in [0.25, 0.3) is 0 Å². The molecular weight excluding hydrogens is 211 g/mol. The minimum absolute atomic E-state index is 0.00502. The third-order valence-corrected chi connectivity index (χ3v) is 3.27. The number of carboxylic acids is 1. The molecule has 0 amide bonds. The van der Waals surface area contributed by atoms with Gasteiger partial charge in [0.2, 0.25) is 0 Å². The molecule has 3 nitrogen and oxygen atoms in total. The Hall–Kier alpha value is -1.58. The van der Waals surface area contributed by atoms with Crippen molar-refractivity contribution in [2.24, 2.45) is 0 Å². The van der Waals surface area contributed by atoms with Crippen LogP contribution in [-0.4, -0.2) is 16.2 Å². The van der Waals surface area contributed by atoms with Gasteiger partial charge in [-0.05, 0) is 37.5 Å². The molecule has 0 aliphatic heterocycles. The van der Waals surface area contributed by atoms with Gasteiger partial charge in [-0.15, -0.1) is 0 Å². The lowest BCUT2D eigenvalue weighted by Gasteiger charge is -2.14. The van der Waals surface area contributed by atoms with Gasteiger partial charge in [0, 0.05) is 11.0 Å². The van der Waals surface area contributed by atoms with Crippen LogP contribution >= 0.6 is 0 Å². The molecule has 0 bridgehead atoms. The van der Waals surface area contributed by atoms with E-state index in [0.29, 0.717) is 5.56 Å². The van der Waals surface area contributed by atoms with Crippen LogP contribution in [0.3, 0.4) is 0 Å². The number of rotatable bonds is 3. The molecule has 2 N–H and O–H groups in total. The molecule has 1 saturated carbocycles. The van der Waals surface area contributed by atoms with Gasteiger partial charge in [-0.25, -0.2) is 4.39 Å². The summed E-state index contributed by atoms with van der Waals surface area (Å²) in [6.45, 7) is 1.49. The minimum Gasteiger partial charge on any atom is -0.508 e. The van der Waals surface area contributed by atoms with E-state index in [-0.39, 0.29) is 17.7 Å². The molecule has 0 unspecified atom stereocenters. The molecule has 1 aromatic carbocycles. The summed E-state index contributed by atoms with van der Waals surface area (Å²) in [5.41, 5.74) is 0.336. The molecule has 1 aromatic rings. The Morgan fingerprint density at radius 2 is 2.12 bits per heavy atom. The largest absolute Gasteiger partial charge is 0.508 e. The van der Waals surface area contributed by atoms with E-state index in [2.05, 4.69) is 0 Å². The van der Waals surface area contributed by atoms with Crippen LogP contribution in [0.15, 0.2) is 12.1 Å². The van der Waals surface area contributed by atoms with Crippen LogP contribution in [-0.2, 0) is 10.2 Å². The molecule has 0 atom stereocenters. The average Bonchev–Trinajstić information content (AvgIpc) is 2.93. The number of aliphatic carboxylic acids is 1. The fourth-order valence-corrected chi connectivity index (χ4v) is 1.98. The van der Waals surface area contributed by atoms with Crippen LogP contribution in [0, 0.1) is 12.7 Å². The zero-order valence-electron chi connectivity index (χ0n) is 8.96. The van der Waals surface area contributed by atoms with Gasteiger partial charge in [-0.1, -0.05) is 0 Å². The summed E-state index contributed by atoms with van der Waals surface area (Å²) >= 11 is 0. The Labute approximate surface area is 92.5 Å².